The average Bonchev–Trinajstić information content (AvgIpc) is 2.73. The molecule has 0 radical (unpaired) electrons. The molecule has 0 saturated carbocycles. The van der Waals surface area contributed by atoms with Crippen LogP contribution in [-0.2, 0) is 11.2 Å². The first-order chi connectivity index (χ1) is 7.96. The van der Waals surface area contributed by atoms with Crippen LogP contribution in [0.1, 0.15) is 52.4 Å². The molecule has 0 atom stereocenters. The maximum atomic E-state index is 11.4. The van der Waals surface area contributed by atoms with Crippen molar-refractivity contribution in [2.75, 3.05) is 0 Å². The van der Waals surface area contributed by atoms with Gasteiger partial charge in [0.2, 0.25) is 0 Å². The second kappa shape index (κ2) is 5.29. The molecule has 1 rings (SSSR count). The number of rotatable bonds is 6. The maximum absolute atomic E-state index is 11.4. The van der Waals surface area contributed by atoms with E-state index in [0.717, 1.165) is 5.82 Å². The van der Waals surface area contributed by atoms with Gasteiger partial charge >= 0.3 is 5.97 Å². The molecule has 0 saturated heterocycles. The topological polar surface area (TPSA) is 68.0 Å². The third-order valence-corrected chi connectivity index (χ3v) is 3.44. The molecule has 0 spiro atoms. The molecule has 0 aromatic carbocycles. The lowest BCUT2D eigenvalue weighted by Crippen LogP contribution is -2.33. The summed E-state index contributed by atoms with van der Waals surface area (Å²) in [6, 6.07) is 0.202. The Morgan fingerprint density at radius 3 is 2.47 bits per heavy atom. The molecule has 0 aliphatic heterocycles. The maximum Gasteiger partial charge on any atom is 0.310 e. The van der Waals surface area contributed by atoms with Crippen LogP contribution < -0.4 is 0 Å². The van der Waals surface area contributed by atoms with Gasteiger partial charge in [0.05, 0.1) is 5.41 Å². The Labute approximate surface area is 102 Å². The van der Waals surface area contributed by atoms with Gasteiger partial charge in [-0.3, -0.25) is 4.79 Å². The highest BCUT2D eigenvalue weighted by Gasteiger charge is 2.36. The highest BCUT2D eigenvalue weighted by Crippen LogP contribution is 2.31. The Hall–Kier alpha value is -1.39. The van der Waals surface area contributed by atoms with Crippen molar-refractivity contribution in [3.63, 3.8) is 0 Å². The molecule has 0 aliphatic rings. The van der Waals surface area contributed by atoms with Gasteiger partial charge in [-0.25, -0.2) is 9.67 Å². The Bertz CT molecular complexity index is 381. The molecular formula is C12H21N3O2. The van der Waals surface area contributed by atoms with Crippen LogP contribution in [0.3, 0.4) is 0 Å². The Morgan fingerprint density at radius 1 is 1.47 bits per heavy atom. The predicted molar refractivity (Wildman–Crippen MR) is 64.8 cm³/mol. The summed E-state index contributed by atoms with van der Waals surface area (Å²) in [5, 5.41) is 13.5. The van der Waals surface area contributed by atoms with Crippen molar-refractivity contribution in [3.05, 3.63) is 12.2 Å². The minimum absolute atomic E-state index is 0.202. The monoisotopic (exact) mass is 239 g/mol. The molecular weight excluding hydrogens is 218 g/mol. The summed E-state index contributed by atoms with van der Waals surface area (Å²) in [6.45, 7) is 7.85. The zero-order chi connectivity index (χ0) is 13.1. The number of nitrogens with zero attached hydrogens (tertiary/aromatic N) is 3. The number of carboxylic acid groups (broad SMARTS) is 1. The van der Waals surface area contributed by atoms with Crippen molar-refractivity contribution in [1.82, 2.24) is 14.8 Å². The Morgan fingerprint density at radius 2 is 2.06 bits per heavy atom. The van der Waals surface area contributed by atoms with E-state index in [1.54, 1.807) is 4.68 Å². The van der Waals surface area contributed by atoms with Crippen LogP contribution in [0.5, 0.6) is 0 Å². The third kappa shape index (κ3) is 2.65. The van der Waals surface area contributed by atoms with Crippen molar-refractivity contribution in [2.45, 2.75) is 53.0 Å². The average molecular weight is 239 g/mol. The van der Waals surface area contributed by atoms with Crippen molar-refractivity contribution in [3.8, 4) is 0 Å². The van der Waals surface area contributed by atoms with Crippen LogP contribution in [0.4, 0.5) is 0 Å². The van der Waals surface area contributed by atoms with E-state index in [4.69, 9.17) is 0 Å². The van der Waals surface area contributed by atoms with Crippen molar-refractivity contribution in [1.29, 1.82) is 0 Å². The molecule has 0 amide bonds. The van der Waals surface area contributed by atoms with Crippen molar-refractivity contribution < 1.29 is 9.90 Å². The molecule has 96 valence electrons. The number of aliphatic carboxylic acids is 1. The fourth-order valence-electron chi connectivity index (χ4n) is 2.01. The molecule has 0 aliphatic carbocycles. The smallest absolute Gasteiger partial charge is 0.310 e. The Kier molecular flexibility index (Phi) is 4.26. The van der Waals surface area contributed by atoms with E-state index in [1.807, 2.05) is 27.7 Å². The summed E-state index contributed by atoms with van der Waals surface area (Å²) in [5.74, 6) is 0.00639. The quantitative estimate of drug-likeness (QED) is 0.827. The molecule has 5 nitrogen and oxygen atoms in total. The van der Waals surface area contributed by atoms with E-state index >= 15 is 0 Å². The summed E-state index contributed by atoms with van der Waals surface area (Å²) in [6.07, 6.45) is 3.13. The van der Waals surface area contributed by atoms with Gasteiger partial charge in [-0.15, -0.1) is 0 Å². The molecule has 0 fully saturated rings. The number of hydrogen-bond donors (Lipinski definition) is 1. The number of aromatic nitrogens is 3. The highest BCUT2D eigenvalue weighted by atomic mass is 16.4. The van der Waals surface area contributed by atoms with Gasteiger partial charge in [-0.1, -0.05) is 13.8 Å². The largest absolute Gasteiger partial charge is 0.481 e. The van der Waals surface area contributed by atoms with Crippen LogP contribution >= 0.6 is 0 Å². The van der Waals surface area contributed by atoms with Gasteiger partial charge in [0.25, 0.3) is 0 Å². The van der Waals surface area contributed by atoms with Crippen LogP contribution in [0.25, 0.3) is 0 Å². The lowest BCUT2D eigenvalue weighted by Gasteiger charge is -2.26. The molecule has 0 unspecified atom stereocenters. The lowest BCUT2D eigenvalue weighted by atomic mass is 9.79. The number of carboxylic acids is 1. The molecule has 1 N–H and O–H groups in total. The lowest BCUT2D eigenvalue weighted by molar-refractivity contribution is -0.149. The molecule has 1 aromatic rings. The SMILES string of the molecule is CCC(CC)(Cc1ncnn1C(C)C)C(=O)O. The van der Waals surface area contributed by atoms with Crippen molar-refractivity contribution in [2.24, 2.45) is 5.41 Å². The first kappa shape index (κ1) is 13.7. The second-order valence-corrected chi connectivity index (χ2v) is 4.68. The number of carbonyl (C=O) groups is 1. The van der Waals surface area contributed by atoms with Crippen LogP contribution in [0.15, 0.2) is 6.33 Å². The van der Waals surface area contributed by atoms with Gasteiger partial charge in [-0.2, -0.15) is 5.10 Å². The fourth-order valence-corrected chi connectivity index (χ4v) is 2.01. The molecule has 5 heteroatoms. The second-order valence-electron chi connectivity index (χ2n) is 4.68. The third-order valence-electron chi connectivity index (χ3n) is 3.44. The summed E-state index contributed by atoms with van der Waals surface area (Å²) in [4.78, 5) is 15.6. The van der Waals surface area contributed by atoms with E-state index in [9.17, 15) is 9.90 Å². The molecule has 1 heterocycles. The van der Waals surface area contributed by atoms with E-state index in [-0.39, 0.29) is 6.04 Å². The minimum atomic E-state index is -0.749. The zero-order valence-electron chi connectivity index (χ0n) is 11.0. The minimum Gasteiger partial charge on any atom is -0.481 e. The standard InChI is InChI=1S/C12H21N3O2/c1-5-12(6-2,11(16)17)7-10-13-8-14-15(10)9(3)4/h8-9H,5-7H2,1-4H3,(H,16,17). The molecule has 1 aromatic heterocycles. The predicted octanol–water partition coefficient (Wildman–Crippen LogP) is 2.29. The van der Waals surface area contributed by atoms with E-state index in [1.165, 1.54) is 6.33 Å². The van der Waals surface area contributed by atoms with Gasteiger partial charge in [0, 0.05) is 12.5 Å². The summed E-state index contributed by atoms with van der Waals surface area (Å²) in [5.41, 5.74) is -0.723. The van der Waals surface area contributed by atoms with Crippen LogP contribution in [0.2, 0.25) is 0 Å². The number of hydrogen-bond acceptors (Lipinski definition) is 3. The first-order valence-electron chi connectivity index (χ1n) is 6.08. The fraction of sp³-hybridized carbons (Fsp3) is 0.750. The van der Waals surface area contributed by atoms with Gasteiger partial charge in [0.1, 0.15) is 12.2 Å². The molecule has 17 heavy (non-hydrogen) atoms. The summed E-state index contributed by atoms with van der Waals surface area (Å²) >= 11 is 0. The van der Waals surface area contributed by atoms with Gasteiger partial charge < -0.3 is 5.11 Å². The van der Waals surface area contributed by atoms with E-state index in [0.29, 0.717) is 19.3 Å². The van der Waals surface area contributed by atoms with E-state index in [2.05, 4.69) is 10.1 Å². The van der Waals surface area contributed by atoms with Crippen LogP contribution in [-0.4, -0.2) is 25.8 Å². The van der Waals surface area contributed by atoms with Crippen molar-refractivity contribution >= 4 is 5.97 Å². The Balaban J connectivity index is 3.02. The normalized spacial score (nSPS) is 12.1. The summed E-state index contributed by atoms with van der Waals surface area (Å²) in [7, 11) is 0. The molecule has 0 bridgehead atoms. The first-order valence-corrected chi connectivity index (χ1v) is 6.08. The van der Waals surface area contributed by atoms with E-state index < -0.39 is 11.4 Å². The van der Waals surface area contributed by atoms with Gasteiger partial charge in [0.15, 0.2) is 0 Å². The summed E-state index contributed by atoms with van der Waals surface area (Å²) < 4.78 is 1.79. The highest BCUT2D eigenvalue weighted by molar-refractivity contribution is 5.74. The zero-order valence-corrected chi connectivity index (χ0v) is 11.0. The van der Waals surface area contributed by atoms with Gasteiger partial charge in [-0.05, 0) is 26.7 Å². The van der Waals surface area contributed by atoms with Crippen LogP contribution in [0, 0.1) is 5.41 Å².